The molecule has 0 fully saturated rings. The van der Waals surface area contributed by atoms with Crippen molar-refractivity contribution in [2.45, 2.75) is 24.4 Å². The number of thiol groups is 1. The summed E-state index contributed by atoms with van der Waals surface area (Å²) in [7, 11) is -2.63. The summed E-state index contributed by atoms with van der Waals surface area (Å²) in [5, 5.41) is 0. The topological polar surface area (TPSA) is 34.1 Å². The summed E-state index contributed by atoms with van der Waals surface area (Å²) in [6, 6.07) is 5.91. The van der Waals surface area contributed by atoms with E-state index < -0.39 is 16.4 Å². The third kappa shape index (κ3) is 2.52. The Morgan fingerprint density at radius 1 is 1.31 bits per heavy atom. The Bertz CT molecular complexity index is 369. The molecule has 0 atom stereocenters. The third-order valence-electron chi connectivity index (χ3n) is 1.74. The van der Waals surface area contributed by atoms with Crippen molar-refractivity contribution in [2.24, 2.45) is 0 Å². The maximum absolute atomic E-state index is 13.4. The summed E-state index contributed by atoms with van der Waals surface area (Å²) in [5.74, 6) is 0. The molecule has 0 bridgehead atoms. The third-order valence-corrected chi connectivity index (χ3v) is 2.44. The first-order chi connectivity index (χ1) is 5.91. The first kappa shape index (κ1) is 10.2. The Hall–Kier alpha value is -0.900. The average Bonchev–Trinajstić information content (AvgIpc) is 2.03. The maximum Gasteiger partial charge on any atom is 0.168 e. The minimum Gasteiger partial charge on any atom is -0.239 e. The minimum atomic E-state index is -2.63. The molecule has 0 unspecified atom stereocenters. The van der Waals surface area contributed by atoms with Gasteiger partial charge in [0, 0.05) is 0 Å². The molecule has 0 heterocycles. The molecule has 0 saturated carbocycles. The summed E-state index contributed by atoms with van der Waals surface area (Å²) >= 11 is 0. The molecule has 0 spiro atoms. The molecule has 1 aromatic rings. The van der Waals surface area contributed by atoms with E-state index in [1.807, 2.05) is 0 Å². The van der Waals surface area contributed by atoms with Crippen LogP contribution in [0.5, 0.6) is 0 Å². The van der Waals surface area contributed by atoms with Gasteiger partial charge in [0.15, 0.2) is 10.7 Å². The second-order valence-electron chi connectivity index (χ2n) is 3.28. The van der Waals surface area contributed by atoms with Crippen LogP contribution in [0.25, 0.3) is 0 Å². The molecule has 0 aliphatic carbocycles. The van der Waals surface area contributed by atoms with Crippen LogP contribution in [0.15, 0.2) is 29.2 Å². The molecular weight excluding hydrogens is 191 g/mol. The van der Waals surface area contributed by atoms with Crippen LogP contribution in [0.4, 0.5) is 4.39 Å². The van der Waals surface area contributed by atoms with Gasteiger partial charge in [-0.15, -0.1) is 0 Å². The molecular formula is C9H11FO2S. The molecule has 1 rings (SSSR count). The van der Waals surface area contributed by atoms with E-state index >= 15 is 0 Å². The van der Waals surface area contributed by atoms with Crippen molar-refractivity contribution in [2.75, 3.05) is 0 Å². The zero-order valence-corrected chi connectivity index (χ0v) is 8.35. The van der Waals surface area contributed by atoms with Crippen LogP contribution >= 0.6 is 0 Å². The number of alkyl halides is 1. The predicted molar refractivity (Wildman–Crippen MR) is 49.2 cm³/mol. The van der Waals surface area contributed by atoms with Gasteiger partial charge in [0.05, 0.1) is 4.90 Å². The van der Waals surface area contributed by atoms with E-state index in [9.17, 15) is 12.8 Å². The van der Waals surface area contributed by atoms with Crippen molar-refractivity contribution >= 4 is 10.7 Å². The molecule has 0 aliphatic rings. The van der Waals surface area contributed by atoms with Crippen LogP contribution in [0.2, 0.25) is 0 Å². The van der Waals surface area contributed by atoms with Crippen molar-refractivity contribution in [3.63, 3.8) is 0 Å². The first-order valence-corrected chi connectivity index (χ1v) is 5.03. The summed E-state index contributed by atoms with van der Waals surface area (Å²) < 4.78 is 34.6. The van der Waals surface area contributed by atoms with E-state index in [-0.39, 0.29) is 4.90 Å². The largest absolute Gasteiger partial charge is 0.239 e. The van der Waals surface area contributed by atoms with Crippen molar-refractivity contribution in [3.8, 4) is 0 Å². The van der Waals surface area contributed by atoms with E-state index in [2.05, 4.69) is 0 Å². The second kappa shape index (κ2) is 3.46. The van der Waals surface area contributed by atoms with Gasteiger partial charge in [-0.1, -0.05) is 12.1 Å². The van der Waals surface area contributed by atoms with Gasteiger partial charge in [0.25, 0.3) is 0 Å². The fourth-order valence-electron chi connectivity index (χ4n) is 0.989. The number of halogens is 1. The van der Waals surface area contributed by atoms with E-state index in [0.717, 1.165) is 0 Å². The Morgan fingerprint density at radius 2 is 1.92 bits per heavy atom. The van der Waals surface area contributed by atoms with Crippen LogP contribution < -0.4 is 0 Å². The number of hydrogen-bond donors (Lipinski definition) is 1. The minimum absolute atomic E-state index is 0.151. The standard InChI is InChI=1S/C9H11FO2S/c1-9(2,10)7-4-3-5-8(6-7)13(11)12/h3-6,13H,1-2H3. The molecule has 0 amide bonds. The highest BCUT2D eigenvalue weighted by Crippen LogP contribution is 2.25. The van der Waals surface area contributed by atoms with Gasteiger partial charge in [0.1, 0.15) is 5.67 Å². The van der Waals surface area contributed by atoms with Crippen molar-refractivity contribution < 1.29 is 12.8 Å². The fourth-order valence-corrected chi connectivity index (χ4v) is 1.44. The lowest BCUT2D eigenvalue weighted by Crippen LogP contribution is -2.08. The van der Waals surface area contributed by atoms with Gasteiger partial charge in [0.2, 0.25) is 0 Å². The smallest absolute Gasteiger partial charge is 0.168 e. The van der Waals surface area contributed by atoms with Crippen molar-refractivity contribution in [1.29, 1.82) is 0 Å². The molecule has 4 heteroatoms. The van der Waals surface area contributed by atoms with Gasteiger partial charge in [-0.05, 0) is 31.5 Å². The highest BCUT2D eigenvalue weighted by molar-refractivity contribution is 7.72. The van der Waals surface area contributed by atoms with E-state index in [1.54, 1.807) is 6.07 Å². The van der Waals surface area contributed by atoms with Crippen molar-refractivity contribution in [3.05, 3.63) is 29.8 Å². The monoisotopic (exact) mass is 202 g/mol. The SMILES string of the molecule is CC(C)(F)c1cccc([SH](=O)=O)c1. The van der Waals surface area contributed by atoms with Gasteiger partial charge >= 0.3 is 0 Å². The normalized spacial score (nSPS) is 12.0. The van der Waals surface area contributed by atoms with E-state index in [1.165, 1.54) is 32.0 Å². The molecule has 2 nitrogen and oxygen atoms in total. The Morgan fingerprint density at radius 3 is 2.38 bits per heavy atom. The van der Waals surface area contributed by atoms with E-state index in [4.69, 9.17) is 0 Å². The number of benzene rings is 1. The summed E-state index contributed by atoms with van der Waals surface area (Å²) in [6.07, 6.45) is 0. The molecule has 0 N–H and O–H groups in total. The summed E-state index contributed by atoms with van der Waals surface area (Å²) in [5.41, 5.74) is -1.12. The molecule has 13 heavy (non-hydrogen) atoms. The van der Waals surface area contributed by atoms with Gasteiger partial charge in [-0.25, -0.2) is 12.8 Å². The molecule has 0 aromatic heterocycles. The number of hydrogen-bond acceptors (Lipinski definition) is 2. The Balaban J connectivity index is 3.21. The summed E-state index contributed by atoms with van der Waals surface area (Å²) in [6.45, 7) is 2.79. The lowest BCUT2D eigenvalue weighted by molar-refractivity contribution is 0.221. The molecule has 0 aliphatic heterocycles. The average molecular weight is 202 g/mol. The number of rotatable bonds is 2. The maximum atomic E-state index is 13.4. The predicted octanol–water partition coefficient (Wildman–Crippen LogP) is 1.86. The highest BCUT2D eigenvalue weighted by Gasteiger charge is 2.18. The molecule has 0 radical (unpaired) electrons. The lowest BCUT2D eigenvalue weighted by Gasteiger charge is -2.14. The second-order valence-corrected chi connectivity index (χ2v) is 4.31. The van der Waals surface area contributed by atoms with Crippen LogP contribution in [-0.4, -0.2) is 8.42 Å². The van der Waals surface area contributed by atoms with Crippen LogP contribution in [0.3, 0.4) is 0 Å². The molecule has 72 valence electrons. The van der Waals surface area contributed by atoms with Gasteiger partial charge < -0.3 is 0 Å². The van der Waals surface area contributed by atoms with Gasteiger partial charge in [-0.3, -0.25) is 0 Å². The zero-order valence-electron chi connectivity index (χ0n) is 7.45. The zero-order chi connectivity index (χ0) is 10.1. The molecule has 0 saturated heterocycles. The van der Waals surface area contributed by atoms with Crippen molar-refractivity contribution in [1.82, 2.24) is 0 Å². The first-order valence-electron chi connectivity index (χ1n) is 3.85. The molecule has 1 aromatic carbocycles. The summed E-state index contributed by atoms with van der Waals surface area (Å²) in [4.78, 5) is 0.151. The van der Waals surface area contributed by atoms with Crippen LogP contribution in [0.1, 0.15) is 19.4 Å². The van der Waals surface area contributed by atoms with Crippen LogP contribution in [0, 0.1) is 0 Å². The lowest BCUT2D eigenvalue weighted by atomic mass is 10.0. The van der Waals surface area contributed by atoms with Crippen LogP contribution in [-0.2, 0) is 16.4 Å². The van der Waals surface area contributed by atoms with Gasteiger partial charge in [-0.2, -0.15) is 0 Å². The highest BCUT2D eigenvalue weighted by atomic mass is 32.2. The van der Waals surface area contributed by atoms with E-state index in [0.29, 0.717) is 5.56 Å². The Kier molecular flexibility index (Phi) is 2.71. The quantitative estimate of drug-likeness (QED) is 0.743. The Labute approximate surface area is 78.3 Å². The fraction of sp³-hybridized carbons (Fsp3) is 0.333.